The van der Waals surface area contributed by atoms with Crippen LogP contribution in [0.25, 0.3) is 43.9 Å². The molecule has 3 aromatic heterocycles. The zero-order chi connectivity index (χ0) is 33.7. The fourth-order valence-electron chi connectivity index (χ4n) is 6.43. The number of nitrogens with zero attached hydrogens (tertiary/aromatic N) is 4. The van der Waals surface area contributed by atoms with E-state index in [-0.39, 0.29) is 42.4 Å². The van der Waals surface area contributed by atoms with Gasteiger partial charge < -0.3 is 24.4 Å². The van der Waals surface area contributed by atoms with Crippen LogP contribution in [-0.4, -0.2) is 65.5 Å². The summed E-state index contributed by atoms with van der Waals surface area (Å²) in [4.78, 5) is 32.0. The van der Waals surface area contributed by atoms with Gasteiger partial charge in [0.25, 0.3) is 5.91 Å². The van der Waals surface area contributed by atoms with Crippen LogP contribution >= 0.6 is 11.3 Å². The van der Waals surface area contributed by atoms with Crippen LogP contribution in [0.15, 0.2) is 54.4 Å². The van der Waals surface area contributed by atoms with Crippen molar-refractivity contribution in [2.24, 2.45) is 0 Å². The summed E-state index contributed by atoms with van der Waals surface area (Å²) in [6.45, 7) is 7.03. The number of thiophene rings is 1. The summed E-state index contributed by atoms with van der Waals surface area (Å²) in [5.41, 5.74) is 4.44. The number of ether oxygens (including phenoxy) is 3. The van der Waals surface area contributed by atoms with Gasteiger partial charge in [0, 0.05) is 59.1 Å². The molecule has 5 heterocycles. The van der Waals surface area contributed by atoms with Crippen LogP contribution in [0.1, 0.15) is 34.6 Å². The van der Waals surface area contributed by atoms with E-state index in [0.717, 1.165) is 23.4 Å². The van der Waals surface area contributed by atoms with Crippen molar-refractivity contribution in [1.29, 1.82) is 0 Å². The lowest BCUT2D eigenvalue weighted by molar-refractivity contribution is -0.129. The summed E-state index contributed by atoms with van der Waals surface area (Å²) in [5, 5.41) is 10.3. The van der Waals surface area contributed by atoms with Crippen molar-refractivity contribution in [2.45, 2.75) is 26.1 Å². The number of hydrogen-bond donors (Lipinski definition) is 1. The third-order valence-electron chi connectivity index (χ3n) is 8.75. The van der Waals surface area contributed by atoms with Gasteiger partial charge in [0.05, 0.1) is 43.3 Å². The van der Waals surface area contributed by atoms with Crippen LogP contribution in [0.4, 0.5) is 8.78 Å². The molecular weight excluding hydrogens is 640 g/mol. The number of halogens is 2. The highest BCUT2D eigenvalue weighted by Crippen LogP contribution is 2.48. The monoisotopic (exact) mass is 671 g/mol. The first-order valence-electron chi connectivity index (χ1n) is 15.3. The molecule has 0 bridgehead atoms. The molecule has 2 aliphatic rings. The van der Waals surface area contributed by atoms with Gasteiger partial charge in [0.2, 0.25) is 5.91 Å². The first kappa shape index (κ1) is 31.5. The van der Waals surface area contributed by atoms with Crippen molar-refractivity contribution in [3.8, 4) is 45.3 Å². The maximum Gasteiger partial charge on any atom is 0.252 e. The lowest BCUT2D eigenvalue weighted by Crippen LogP contribution is -2.40. The molecule has 0 spiro atoms. The molecule has 5 aromatic rings. The summed E-state index contributed by atoms with van der Waals surface area (Å²) in [6, 6.07) is 8.96. The number of rotatable bonds is 9. The Morgan fingerprint density at radius 3 is 2.69 bits per heavy atom. The first-order chi connectivity index (χ1) is 23.2. The molecule has 1 N–H and O–H groups in total. The number of nitrogens with one attached hydrogen (secondary N) is 1. The molecular formula is C35H31F2N5O5S. The summed E-state index contributed by atoms with van der Waals surface area (Å²) >= 11 is 1.37. The number of carbonyl (C=O) groups excluding carboxylic acids is 2. The van der Waals surface area contributed by atoms with Crippen molar-refractivity contribution < 1.29 is 32.6 Å². The maximum absolute atomic E-state index is 16.1. The van der Waals surface area contributed by atoms with Gasteiger partial charge in [-0.15, -0.1) is 11.3 Å². The average Bonchev–Trinajstić information content (AvgIpc) is 3.83. The summed E-state index contributed by atoms with van der Waals surface area (Å²) in [5.74, 6) is -1.56. The predicted octanol–water partition coefficient (Wildman–Crippen LogP) is 6.14. The molecule has 0 radical (unpaired) electrons. The second kappa shape index (κ2) is 12.5. The number of benzene rings is 2. The number of carbonyl (C=O) groups is 2. The minimum absolute atomic E-state index is 0.00477. The molecule has 0 saturated heterocycles. The Morgan fingerprint density at radius 2 is 1.92 bits per heavy atom. The minimum Gasteiger partial charge on any atom is -0.496 e. The van der Waals surface area contributed by atoms with Gasteiger partial charge in [-0.3, -0.25) is 14.3 Å². The van der Waals surface area contributed by atoms with E-state index >= 15 is 4.39 Å². The fraction of sp³-hybridized carbons (Fsp3) is 0.257. The van der Waals surface area contributed by atoms with Gasteiger partial charge in [0.15, 0.2) is 0 Å². The van der Waals surface area contributed by atoms with Crippen LogP contribution in [0.5, 0.6) is 11.5 Å². The van der Waals surface area contributed by atoms with Crippen LogP contribution in [0.2, 0.25) is 0 Å². The van der Waals surface area contributed by atoms with E-state index in [1.165, 1.54) is 31.6 Å². The molecule has 0 aliphatic carbocycles. The normalized spacial score (nSPS) is 15.3. The molecule has 2 aromatic carbocycles. The Balaban J connectivity index is 1.52. The number of pyridine rings is 1. The maximum atomic E-state index is 16.1. The van der Waals surface area contributed by atoms with Crippen molar-refractivity contribution in [2.75, 3.05) is 34.0 Å². The molecule has 2 aliphatic heterocycles. The number of methoxy groups -OCH3 is 2. The number of amides is 2. The molecule has 0 fully saturated rings. The number of fused-ring (bicyclic) bond motifs is 3. The molecule has 10 nitrogen and oxygen atoms in total. The van der Waals surface area contributed by atoms with Gasteiger partial charge in [-0.25, -0.2) is 13.8 Å². The van der Waals surface area contributed by atoms with Crippen LogP contribution in [0.3, 0.4) is 0 Å². The standard InChI is InChI=1S/C35H31F2N5O5S/c1-5-29(43)41-7-8-42-26(18(41)2)16-25(40-42)33-31(30-24(37)13-20(36)14-28(30)47-10-9-45-3)34-21(6-11-48-34)32(39-33)23-12-19-17-38-35(44)22(19)15-27(23)46-4/h5-6,11-16,18H,1,7-10,17H2,2-4H3,(H,38,44). The van der Waals surface area contributed by atoms with Gasteiger partial charge in [-0.05, 0) is 48.2 Å². The molecule has 1 unspecified atom stereocenters. The van der Waals surface area contributed by atoms with Gasteiger partial charge >= 0.3 is 0 Å². The van der Waals surface area contributed by atoms with Crippen LogP contribution < -0.4 is 14.8 Å². The fourth-order valence-corrected chi connectivity index (χ4v) is 7.38. The lowest BCUT2D eigenvalue weighted by Gasteiger charge is -2.33. The largest absolute Gasteiger partial charge is 0.496 e. The zero-order valence-electron chi connectivity index (χ0n) is 26.4. The quantitative estimate of drug-likeness (QED) is 0.148. The highest BCUT2D eigenvalue weighted by Gasteiger charge is 2.32. The summed E-state index contributed by atoms with van der Waals surface area (Å²) < 4.78 is 50.1. The Bertz CT molecular complexity index is 2130. The first-order valence-corrected chi connectivity index (χ1v) is 16.1. The predicted molar refractivity (Wildman–Crippen MR) is 177 cm³/mol. The van der Waals surface area contributed by atoms with Crippen molar-refractivity contribution in [3.63, 3.8) is 0 Å². The molecule has 13 heteroatoms. The van der Waals surface area contributed by atoms with E-state index in [0.29, 0.717) is 69.2 Å². The SMILES string of the molecule is C=CC(=O)N1CCn2nc(-c3nc(-c4cc5c(cc4OC)C(=O)NC5)c4ccsc4c3-c3c(F)cc(F)cc3OCCOC)cc2C1C. The highest BCUT2D eigenvalue weighted by molar-refractivity contribution is 7.18. The Morgan fingerprint density at radius 1 is 1.08 bits per heavy atom. The van der Waals surface area contributed by atoms with Gasteiger partial charge in [0.1, 0.15) is 41.1 Å². The average molecular weight is 672 g/mol. The molecule has 2 amide bonds. The molecule has 7 rings (SSSR count). The van der Waals surface area contributed by atoms with E-state index < -0.39 is 11.6 Å². The number of aromatic nitrogens is 3. The zero-order valence-corrected chi connectivity index (χ0v) is 27.2. The molecule has 48 heavy (non-hydrogen) atoms. The second-order valence-electron chi connectivity index (χ2n) is 11.4. The smallest absolute Gasteiger partial charge is 0.252 e. The Kier molecular flexibility index (Phi) is 8.17. The van der Waals surface area contributed by atoms with E-state index in [9.17, 15) is 14.0 Å². The topological polar surface area (TPSA) is 108 Å². The van der Waals surface area contributed by atoms with Crippen molar-refractivity contribution in [3.05, 3.63) is 82.9 Å². The summed E-state index contributed by atoms with van der Waals surface area (Å²) in [7, 11) is 3.04. The minimum atomic E-state index is -0.826. The molecule has 0 saturated carbocycles. The molecule has 1 atom stereocenters. The lowest BCUT2D eigenvalue weighted by atomic mass is 9.95. The van der Waals surface area contributed by atoms with Crippen LogP contribution in [-0.2, 0) is 22.6 Å². The van der Waals surface area contributed by atoms with Gasteiger partial charge in [-0.1, -0.05) is 6.58 Å². The Labute approximate surface area is 278 Å². The molecule has 246 valence electrons. The van der Waals surface area contributed by atoms with E-state index in [1.54, 1.807) is 11.0 Å². The second-order valence-corrected chi connectivity index (χ2v) is 12.3. The van der Waals surface area contributed by atoms with Crippen molar-refractivity contribution >= 4 is 33.2 Å². The van der Waals surface area contributed by atoms with E-state index in [2.05, 4.69) is 11.9 Å². The Hall–Kier alpha value is -5.14. The highest BCUT2D eigenvalue weighted by atomic mass is 32.1. The third kappa shape index (κ3) is 5.19. The van der Waals surface area contributed by atoms with Crippen molar-refractivity contribution in [1.82, 2.24) is 25.0 Å². The van der Waals surface area contributed by atoms with Crippen LogP contribution in [0, 0.1) is 11.6 Å². The van der Waals surface area contributed by atoms with Gasteiger partial charge in [-0.2, -0.15) is 5.10 Å². The summed E-state index contributed by atoms with van der Waals surface area (Å²) in [6.07, 6.45) is 1.29. The number of hydrogen-bond acceptors (Lipinski definition) is 8. The van der Waals surface area contributed by atoms with E-state index in [4.69, 9.17) is 24.3 Å². The third-order valence-corrected chi connectivity index (χ3v) is 9.68. The van der Waals surface area contributed by atoms with E-state index in [1.807, 2.05) is 35.2 Å².